The summed E-state index contributed by atoms with van der Waals surface area (Å²) in [6.45, 7) is 2.31. The first kappa shape index (κ1) is 51.0. The minimum absolute atomic E-state index is 0.000956. The van der Waals surface area contributed by atoms with E-state index in [-0.39, 0.29) is 135 Å². The van der Waals surface area contributed by atoms with Gasteiger partial charge in [-0.2, -0.15) is 0 Å². The molecule has 0 aromatic rings. The largest absolute Gasteiger partial charge is 0.379 e. The van der Waals surface area contributed by atoms with Crippen molar-refractivity contribution in [2.75, 3.05) is 115 Å². The van der Waals surface area contributed by atoms with Crippen LogP contribution in [0, 0.1) is 0 Å². The summed E-state index contributed by atoms with van der Waals surface area (Å²) in [4.78, 5) is 82.4. The molecule has 7 N–H and O–H groups in total. The average molecular weight is 912 g/mol. The van der Waals surface area contributed by atoms with Gasteiger partial charge in [0.2, 0.25) is 35.4 Å². The Morgan fingerprint density at radius 2 is 0.870 bits per heavy atom. The van der Waals surface area contributed by atoms with Gasteiger partial charge in [0.25, 0.3) is 5.91 Å². The molecule has 0 fully saturated rings. The molecular weight excluding hydrogens is 857 g/mol. The number of nitrogens with one attached hydrogen (secondary N) is 3. The molecule has 0 saturated heterocycles. The van der Waals surface area contributed by atoms with E-state index in [2.05, 4.69) is 38.5 Å². The second kappa shape index (κ2) is 33.4. The zero-order valence-corrected chi connectivity index (χ0v) is 33.4. The SMILES string of the molecule is CC(=O)N(O)CCOCCNC(=O)CCC(=O)N(O)CCOCCNC(=O)CCC(=O)N(O)CCOCCNC(=O)CSCC(=O)N(O)CCOCCI. The Balaban J connectivity index is 3.80. The van der Waals surface area contributed by atoms with Crippen LogP contribution >= 0.6 is 34.4 Å². The van der Waals surface area contributed by atoms with Gasteiger partial charge in [0.05, 0.1) is 90.5 Å². The maximum absolute atomic E-state index is 12.1. The van der Waals surface area contributed by atoms with E-state index in [1.165, 1.54) is 6.92 Å². The molecule has 0 rings (SSSR count). The molecule has 0 atom stereocenters. The van der Waals surface area contributed by atoms with E-state index in [0.29, 0.717) is 26.9 Å². The van der Waals surface area contributed by atoms with E-state index in [4.69, 9.17) is 18.9 Å². The van der Waals surface area contributed by atoms with Crippen LogP contribution in [0.2, 0.25) is 0 Å². The zero-order valence-electron chi connectivity index (χ0n) is 30.4. The first-order valence-corrected chi connectivity index (χ1v) is 19.7. The molecule has 0 spiro atoms. The van der Waals surface area contributed by atoms with Crippen molar-refractivity contribution in [1.29, 1.82) is 0 Å². The van der Waals surface area contributed by atoms with Crippen molar-refractivity contribution in [3.05, 3.63) is 0 Å². The predicted octanol–water partition coefficient (Wildman–Crippen LogP) is -1.98. The molecule has 0 unspecified atom stereocenters. The molecule has 54 heavy (non-hydrogen) atoms. The minimum Gasteiger partial charge on any atom is -0.379 e. The number of carbonyl (C=O) groups is 7. The molecule has 0 aromatic carbocycles. The maximum atomic E-state index is 12.1. The molecule has 7 amide bonds. The Morgan fingerprint density at radius 3 is 1.28 bits per heavy atom. The minimum atomic E-state index is -0.698. The number of hydrogen-bond donors (Lipinski definition) is 7. The molecule has 0 aliphatic rings. The average Bonchev–Trinajstić information content (AvgIpc) is 3.14. The Bertz CT molecular complexity index is 1130. The summed E-state index contributed by atoms with van der Waals surface area (Å²) >= 11 is 3.18. The number of carbonyl (C=O) groups excluding carboxylic acids is 7. The van der Waals surface area contributed by atoms with Crippen LogP contribution < -0.4 is 16.0 Å². The molecule has 0 heterocycles. The Kier molecular flexibility index (Phi) is 31.6. The Morgan fingerprint density at radius 1 is 0.500 bits per heavy atom. The second-order valence-corrected chi connectivity index (χ2v) is 12.9. The highest BCUT2D eigenvalue weighted by atomic mass is 127. The molecule has 0 saturated carbocycles. The fraction of sp³-hybridized carbons (Fsp3) is 0.767. The van der Waals surface area contributed by atoms with Gasteiger partial charge in [-0.3, -0.25) is 54.4 Å². The van der Waals surface area contributed by atoms with Gasteiger partial charge in [-0.25, -0.2) is 20.3 Å². The van der Waals surface area contributed by atoms with Crippen molar-refractivity contribution in [3.63, 3.8) is 0 Å². The van der Waals surface area contributed by atoms with E-state index < -0.39 is 35.4 Å². The van der Waals surface area contributed by atoms with E-state index in [1.54, 1.807) is 0 Å². The van der Waals surface area contributed by atoms with Crippen LogP contribution in [0.5, 0.6) is 0 Å². The summed E-state index contributed by atoms with van der Waals surface area (Å²) in [7, 11) is 0. The van der Waals surface area contributed by atoms with Crippen molar-refractivity contribution in [2.24, 2.45) is 0 Å². The number of hydrogen-bond acceptors (Lipinski definition) is 16. The van der Waals surface area contributed by atoms with Gasteiger partial charge in [-0.05, 0) is 0 Å². The number of thioether (sulfide) groups is 1. The number of nitrogens with zero attached hydrogens (tertiary/aromatic N) is 4. The van der Waals surface area contributed by atoms with Gasteiger partial charge in [0.15, 0.2) is 0 Å². The third-order valence-electron chi connectivity index (χ3n) is 6.53. The molecule has 0 aliphatic carbocycles. The van der Waals surface area contributed by atoms with Crippen LogP contribution in [-0.4, -0.2) is 197 Å². The van der Waals surface area contributed by atoms with Crippen molar-refractivity contribution in [1.82, 2.24) is 36.2 Å². The summed E-state index contributed by atoms with van der Waals surface area (Å²) < 4.78 is 21.7. The highest BCUT2D eigenvalue weighted by Gasteiger charge is 2.15. The van der Waals surface area contributed by atoms with E-state index >= 15 is 0 Å². The summed E-state index contributed by atoms with van der Waals surface area (Å²) in [6, 6.07) is 0. The van der Waals surface area contributed by atoms with Crippen LogP contribution in [0.4, 0.5) is 0 Å². The van der Waals surface area contributed by atoms with Gasteiger partial charge in [0, 0.05) is 56.7 Å². The molecule has 24 heteroatoms. The lowest BCUT2D eigenvalue weighted by molar-refractivity contribution is -0.168. The lowest BCUT2D eigenvalue weighted by atomic mass is 10.2. The zero-order chi connectivity index (χ0) is 40.6. The fourth-order valence-electron chi connectivity index (χ4n) is 3.62. The molecule has 0 radical (unpaired) electrons. The maximum Gasteiger partial charge on any atom is 0.255 e. The summed E-state index contributed by atoms with van der Waals surface area (Å²) in [6.07, 6.45) is -0.875. The lowest BCUT2D eigenvalue weighted by Crippen LogP contribution is -2.35. The first-order valence-electron chi connectivity index (χ1n) is 17.0. The number of alkyl halides is 1. The van der Waals surface area contributed by atoms with Crippen molar-refractivity contribution in [3.8, 4) is 0 Å². The van der Waals surface area contributed by atoms with Gasteiger partial charge in [-0.15, -0.1) is 11.8 Å². The van der Waals surface area contributed by atoms with Crippen LogP contribution in [0.25, 0.3) is 0 Å². The van der Waals surface area contributed by atoms with Crippen LogP contribution in [-0.2, 0) is 52.5 Å². The number of ether oxygens (including phenoxy) is 4. The topological polar surface area (TPSA) is 286 Å². The molecule has 312 valence electrons. The predicted molar refractivity (Wildman–Crippen MR) is 197 cm³/mol. The van der Waals surface area contributed by atoms with Gasteiger partial charge < -0.3 is 34.9 Å². The highest BCUT2D eigenvalue weighted by molar-refractivity contribution is 14.1. The van der Waals surface area contributed by atoms with Crippen LogP contribution in [0.15, 0.2) is 0 Å². The van der Waals surface area contributed by atoms with Gasteiger partial charge >= 0.3 is 0 Å². The van der Waals surface area contributed by atoms with E-state index in [9.17, 15) is 54.4 Å². The van der Waals surface area contributed by atoms with E-state index in [0.717, 1.165) is 16.2 Å². The summed E-state index contributed by atoms with van der Waals surface area (Å²) in [5.41, 5.74) is 0. The third-order valence-corrected chi connectivity index (χ3v) is 7.89. The normalized spacial score (nSPS) is 10.7. The standard InChI is InChI=1S/C30H54IN7O15S/c1-24(39)35(46)10-18-51-15-7-32-25(40)2-4-28(43)36(47)11-20-52-16-8-33-26(41)3-5-29(44)37(48)12-21-53-17-9-34-27(42)22-54-23-30(45)38(49)13-19-50-14-6-31/h46-49H,2-23H2,1H3,(H,32,40)(H,33,41)(H,34,42). The fourth-order valence-corrected chi connectivity index (χ4v) is 4.64. The first-order chi connectivity index (χ1) is 25.8. The van der Waals surface area contributed by atoms with Crippen molar-refractivity contribution in [2.45, 2.75) is 32.6 Å². The summed E-state index contributed by atoms with van der Waals surface area (Å²) in [5.74, 6) is -3.76. The van der Waals surface area contributed by atoms with Crippen LogP contribution in [0.1, 0.15) is 32.6 Å². The number of rotatable bonds is 33. The molecule has 0 aromatic heterocycles. The number of amides is 7. The Labute approximate surface area is 331 Å². The molecular formula is C30H54IN7O15S. The van der Waals surface area contributed by atoms with Gasteiger partial charge in [0.1, 0.15) is 0 Å². The second-order valence-electron chi connectivity index (χ2n) is 10.9. The quantitative estimate of drug-likeness (QED) is 0.0124. The highest BCUT2D eigenvalue weighted by Crippen LogP contribution is 2.02. The monoisotopic (exact) mass is 911 g/mol. The van der Waals surface area contributed by atoms with Gasteiger partial charge in [-0.1, -0.05) is 22.6 Å². The van der Waals surface area contributed by atoms with Crippen molar-refractivity contribution < 1.29 is 73.3 Å². The lowest BCUT2D eigenvalue weighted by Gasteiger charge is -2.16. The van der Waals surface area contributed by atoms with Crippen molar-refractivity contribution >= 4 is 75.7 Å². The third kappa shape index (κ3) is 29.4. The molecule has 0 aliphatic heterocycles. The summed E-state index contributed by atoms with van der Waals surface area (Å²) in [5, 5.41) is 48.1. The number of hydroxylamine groups is 8. The number of halogens is 1. The molecule has 22 nitrogen and oxygen atoms in total. The van der Waals surface area contributed by atoms with E-state index in [1.807, 2.05) is 0 Å². The van der Waals surface area contributed by atoms with Crippen LogP contribution in [0.3, 0.4) is 0 Å². The smallest absolute Gasteiger partial charge is 0.255 e. The molecule has 0 bridgehead atoms. The Hall–Kier alpha value is -2.95.